The standard InChI is InChI=1S/C28H24F6N2O5S/c1-26(25(37)38)13-16(14-26)10-19-15-36(42(39,40)20-5-2-4-18(12-20)27(29,30)31)22-11-17(8-9-23(22)41-19)21-6-3-7-24(35-21)28(32,33)34/h2-9,11-12,16,19H,10,13-15H2,1H3,(H,37,38)/t16-,19-,26-/m0/s1. The maximum atomic E-state index is 13.8. The summed E-state index contributed by atoms with van der Waals surface area (Å²) >= 11 is 0. The third-order valence-corrected chi connectivity index (χ3v) is 9.34. The van der Waals surface area contributed by atoms with Gasteiger partial charge in [0, 0.05) is 5.56 Å². The van der Waals surface area contributed by atoms with Crippen molar-refractivity contribution in [3.05, 3.63) is 71.9 Å². The minimum Gasteiger partial charge on any atom is -0.486 e. The van der Waals surface area contributed by atoms with E-state index in [-0.39, 0.29) is 41.6 Å². The number of pyridine rings is 1. The number of carboxylic acid groups (broad SMARTS) is 1. The smallest absolute Gasteiger partial charge is 0.433 e. The molecule has 5 rings (SSSR count). The number of hydrogen-bond donors (Lipinski definition) is 1. The Labute approximate surface area is 236 Å². The van der Waals surface area contributed by atoms with E-state index in [2.05, 4.69) is 4.98 Å². The lowest BCUT2D eigenvalue weighted by atomic mass is 9.61. The van der Waals surface area contributed by atoms with Crippen molar-refractivity contribution in [3.63, 3.8) is 0 Å². The molecule has 7 nitrogen and oxygen atoms in total. The minimum atomic E-state index is -4.81. The van der Waals surface area contributed by atoms with Crippen LogP contribution in [0.15, 0.2) is 65.6 Å². The second-order valence-corrected chi connectivity index (χ2v) is 12.6. The average Bonchev–Trinajstić information content (AvgIpc) is 2.90. The number of nitrogens with zero attached hydrogens (tertiary/aromatic N) is 2. The summed E-state index contributed by atoms with van der Waals surface area (Å²) in [6.45, 7) is 1.29. The number of carbonyl (C=O) groups is 1. The van der Waals surface area contributed by atoms with Gasteiger partial charge in [0.1, 0.15) is 17.5 Å². The lowest BCUT2D eigenvalue weighted by molar-refractivity contribution is -0.157. The summed E-state index contributed by atoms with van der Waals surface area (Å²) in [5.74, 6) is -0.986. The molecule has 1 N–H and O–H groups in total. The lowest BCUT2D eigenvalue weighted by Crippen LogP contribution is -2.47. The predicted octanol–water partition coefficient (Wildman–Crippen LogP) is 6.63. The zero-order valence-corrected chi connectivity index (χ0v) is 22.7. The van der Waals surface area contributed by atoms with Gasteiger partial charge in [-0.3, -0.25) is 9.10 Å². The van der Waals surface area contributed by atoms with Crippen molar-refractivity contribution in [2.75, 3.05) is 10.8 Å². The zero-order valence-electron chi connectivity index (χ0n) is 21.9. The molecule has 0 unspecified atom stereocenters. The maximum absolute atomic E-state index is 13.8. The Balaban J connectivity index is 1.54. The normalized spacial score (nSPS) is 22.6. The van der Waals surface area contributed by atoms with Crippen LogP contribution in [-0.4, -0.2) is 37.1 Å². The van der Waals surface area contributed by atoms with Crippen molar-refractivity contribution in [2.24, 2.45) is 11.3 Å². The highest BCUT2D eigenvalue weighted by atomic mass is 32.2. The van der Waals surface area contributed by atoms with E-state index in [0.29, 0.717) is 18.9 Å². The molecule has 1 fully saturated rings. The number of aromatic nitrogens is 1. The largest absolute Gasteiger partial charge is 0.486 e. The molecular weight excluding hydrogens is 590 g/mol. The quantitative estimate of drug-likeness (QED) is 0.313. The number of aliphatic carboxylic acids is 1. The Morgan fingerprint density at radius 3 is 2.36 bits per heavy atom. The van der Waals surface area contributed by atoms with E-state index < -0.39 is 56.0 Å². The van der Waals surface area contributed by atoms with Crippen molar-refractivity contribution in [2.45, 2.75) is 49.5 Å². The fourth-order valence-electron chi connectivity index (χ4n) is 5.46. The first kappa shape index (κ1) is 29.7. The van der Waals surface area contributed by atoms with Gasteiger partial charge in [-0.25, -0.2) is 13.4 Å². The van der Waals surface area contributed by atoms with Crippen molar-refractivity contribution < 1.29 is 49.4 Å². The Bertz CT molecular complexity index is 1630. The van der Waals surface area contributed by atoms with Gasteiger partial charge in [0.05, 0.1) is 33.8 Å². The number of rotatable bonds is 6. The number of ether oxygens (including phenoxy) is 1. The Morgan fingerprint density at radius 2 is 1.71 bits per heavy atom. The van der Waals surface area contributed by atoms with Crippen LogP contribution in [-0.2, 0) is 27.2 Å². The predicted molar refractivity (Wildman–Crippen MR) is 138 cm³/mol. The second-order valence-electron chi connectivity index (χ2n) is 10.8. The minimum absolute atomic E-state index is 0.0536. The third-order valence-electron chi connectivity index (χ3n) is 7.57. The molecule has 1 saturated carbocycles. The molecule has 1 aliphatic heterocycles. The van der Waals surface area contributed by atoms with Gasteiger partial charge in [0.15, 0.2) is 0 Å². The molecule has 2 aliphatic rings. The van der Waals surface area contributed by atoms with Gasteiger partial charge in [-0.2, -0.15) is 26.3 Å². The van der Waals surface area contributed by atoms with E-state index in [1.165, 1.54) is 24.3 Å². The van der Waals surface area contributed by atoms with Crippen LogP contribution >= 0.6 is 0 Å². The molecule has 224 valence electrons. The number of hydrogen-bond acceptors (Lipinski definition) is 5. The summed E-state index contributed by atoms with van der Waals surface area (Å²) in [6, 6.07) is 10.5. The van der Waals surface area contributed by atoms with Crippen LogP contribution in [0.5, 0.6) is 5.75 Å². The first-order chi connectivity index (χ1) is 19.5. The molecule has 1 aliphatic carbocycles. The number of carboxylic acids is 1. The van der Waals surface area contributed by atoms with Gasteiger partial charge < -0.3 is 9.84 Å². The summed E-state index contributed by atoms with van der Waals surface area (Å²) in [4.78, 5) is 14.5. The topological polar surface area (TPSA) is 96.8 Å². The summed E-state index contributed by atoms with van der Waals surface area (Å²) < 4.78 is 115. The molecular formula is C28H24F6N2O5S. The van der Waals surface area contributed by atoms with Crippen molar-refractivity contribution >= 4 is 21.7 Å². The van der Waals surface area contributed by atoms with Gasteiger partial charge >= 0.3 is 18.3 Å². The molecule has 14 heteroatoms. The van der Waals surface area contributed by atoms with Crippen LogP contribution < -0.4 is 9.04 Å². The lowest BCUT2D eigenvalue weighted by Gasteiger charge is -2.44. The fraction of sp³-hybridized carbons (Fsp3) is 0.357. The monoisotopic (exact) mass is 614 g/mol. The number of benzene rings is 2. The summed E-state index contributed by atoms with van der Waals surface area (Å²) in [6.07, 6.45) is -9.32. The van der Waals surface area contributed by atoms with Crippen LogP contribution in [0.1, 0.15) is 37.4 Å². The number of sulfonamides is 1. The van der Waals surface area contributed by atoms with E-state index in [0.717, 1.165) is 34.6 Å². The SMILES string of the molecule is C[C@]1(C(=O)O)C[C@H](C[C@H]2CN(S(=O)(=O)c3cccc(C(F)(F)F)c3)c3cc(-c4cccc(C(F)(F)F)n4)ccc3O2)C1. The van der Waals surface area contributed by atoms with Crippen LogP contribution in [0.25, 0.3) is 11.3 Å². The molecule has 0 saturated heterocycles. The van der Waals surface area contributed by atoms with Crippen molar-refractivity contribution in [1.29, 1.82) is 0 Å². The van der Waals surface area contributed by atoms with Crippen LogP contribution in [0.3, 0.4) is 0 Å². The first-order valence-corrected chi connectivity index (χ1v) is 14.2. The van der Waals surface area contributed by atoms with Gasteiger partial charge in [0.2, 0.25) is 0 Å². The van der Waals surface area contributed by atoms with Gasteiger partial charge in [0.25, 0.3) is 10.0 Å². The summed E-state index contributed by atoms with van der Waals surface area (Å²) in [7, 11) is -4.62. The molecule has 0 bridgehead atoms. The Morgan fingerprint density at radius 1 is 1.02 bits per heavy atom. The summed E-state index contributed by atoms with van der Waals surface area (Å²) in [5, 5.41) is 9.42. The molecule has 2 heterocycles. The number of alkyl halides is 6. The van der Waals surface area contributed by atoms with Crippen LogP contribution in [0.4, 0.5) is 32.0 Å². The Hall–Kier alpha value is -3.81. The maximum Gasteiger partial charge on any atom is 0.433 e. The molecule has 2 aromatic carbocycles. The van der Waals surface area contributed by atoms with E-state index in [1.54, 1.807) is 6.92 Å². The van der Waals surface area contributed by atoms with E-state index in [1.807, 2.05) is 0 Å². The molecule has 0 spiro atoms. The molecule has 0 amide bonds. The highest BCUT2D eigenvalue weighted by Gasteiger charge is 2.48. The molecule has 42 heavy (non-hydrogen) atoms. The van der Waals surface area contributed by atoms with E-state index >= 15 is 0 Å². The number of anilines is 1. The number of fused-ring (bicyclic) bond motifs is 1. The average molecular weight is 615 g/mol. The van der Waals surface area contributed by atoms with Crippen molar-refractivity contribution in [1.82, 2.24) is 4.98 Å². The number of halogens is 6. The molecule has 1 atom stereocenters. The van der Waals surface area contributed by atoms with Crippen molar-refractivity contribution in [3.8, 4) is 17.0 Å². The molecule has 0 radical (unpaired) electrons. The van der Waals surface area contributed by atoms with Crippen LogP contribution in [0.2, 0.25) is 0 Å². The first-order valence-electron chi connectivity index (χ1n) is 12.8. The van der Waals surface area contributed by atoms with Gasteiger partial charge in [-0.1, -0.05) is 12.1 Å². The fourth-order valence-corrected chi connectivity index (χ4v) is 7.01. The highest BCUT2D eigenvalue weighted by molar-refractivity contribution is 7.92. The zero-order chi connectivity index (χ0) is 30.7. The van der Waals surface area contributed by atoms with E-state index in [9.17, 15) is 44.7 Å². The van der Waals surface area contributed by atoms with Gasteiger partial charge in [-0.15, -0.1) is 0 Å². The molecule has 3 aromatic rings. The highest BCUT2D eigenvalue weighted by Crippen LogP contribution is 2.49. The summed E-state index contributed by atoms with van der Waals surface area (Å²) in [5.41, 5.74) is -3.29. The molecule has 1 aromatic heterocycles. The third kappa shape index (κ3) is 5.63. The Kier molecular flexibility index (Phi) is 7.19. The van der Waals surface area contributed by atoms with Gasteiger partial charge in [-0.05, 0) is 80.6 Å². The second kappa shape index (κ2) is 10.2. The van der Waals surface area contributed by atoms with E-state index in [4.69, 9.17) is 4.74 Å². The van der Waals surface area contributed by atoms with Crippen LogP contribution in [0, 0.1) is 11.3 Å².